The average Bonchev–Trinajstić information content (AvgIpc) is 3.72. The molecule has 2 aromatic heterocycles. The summed E-state index contributed by atoms with van der Waals surface area (Å²) >= 11 is 3.79. The fraction of sp³-hybridized carbons (Fsp3) is 0.286. The number of unbranched alkanes of at least 4 members (excludes halogenated alkanes) is 1. The van der Waals surface area contributed by atoms with Crippen molar-refractivity contribution in [3.8, 4) is 22.3 Å². The Morgan fingerprint density at radius 1 is 0.520 bits per heavy atom. The van der Waals surface area contributed by atoms with E-state index in [1.54, 1.807) is 0 Å². The van der Waals surface area contributed by atoms with Gasteiger partial charge in [0.15, 0.2) is 13.1 Å². The summed E-state index contributed by atoms with van der Waals surface area (Å²) in [5.41, 5.74) is 7.68. The van der Waals surface area contributed by atoms with Gasteiger partial charge in [-0.05, 0) is 46.5 Å². The standard InChI is InChI=1S/C42H44N4O2S2/c1-3-9-33(10-4-1)35-13-15-37-39(31-35)49-41(17-21-43-23-27-47-28-24-43)45(37)19-7-8-20-46-38-16-14-36(34-11-5-2-6-12-34)32-40(38)50-42(46)18-22-44-25-29-48-30-26-44/h1-6,9-18,21-22,31-32H,7-8,19-20,23-30H2/q+2. The van der Waals surface area contributed by atoms with Gasteiger partial charge in [0.05, 0.1) is 26.4 Å². The quantitative estimate of drug-likeness (QED) is 0.101. The number of rotatable bonds is 11. The van der Waals surface area contributed by atoms with E-state index in [1.807, 2.05) is 22.7 Å². The molecule has 6 nitrogen and oxygen atoms in total. The Morgan fingerprint density at radius 3 is 1.36 bits per heavy atom. The Balaban J connectivity index is 1.05. The molecule has 8 heteroatoms. The highest BCUT2D eigenvalue weighted by molar-refractivity contribution is 7.19. The maximum Gasteiger partial charge on any atom is 0.264 e. The van der Waals surface area contributed by atoms with Crippen LogP contribution in [-0.2, 0) is 22.6 Å². The molecule has 8 rings (SSSR count). The Hall–Kier alpha value is -4.34. The molecule has 0 bridgehead atoms. The van der Waals surface area contributed by atoms with Gasteiger partial charge in [-0.15, -0.1) is 0 Å². The number of aryl methyl sites for hydroxylation is 2. The molecule has 0 spiro atoms. The summed E-state index contributed by atoms with van der Waals surface area (Å²) in [5, 5.41) is 2.60. The first kappa shape index (κ1) is 32.8. The molecule has 0 aliphatic carbocycles. The van der Waals surface area contributed by atoms with E-state index in [4.69, 9.17) is 9.47 Å². The second-order valence-electron chi connectivity index (χ2n) is 12.9. The lowest BCUT2D eigenvalue weighted by atomic mass is 10.1. The number of fused-ring (bicyclic) bond motifs is 2. The number of thiazole rings is 2. The van der Waals surface area contributed by atoms with Crippen molar-refractivity contribution >= 4 is 55.3 Å². The Morgan fingerprint density at radius 2 is 0.940 bits per heavy atom. The molecule has 2 saturated heterocycles. The molecule has 0 radical (unpaired) electrons. The first-order valence-electron chi connectivity index (χ1n) is 17.8. The van der Waals surface area contributed by atoms with Crippen molar-refractivity contribution in [2.75, 3.05) is 52.6 Å². The molecule has 50 heavy (non-hydrogen) atoms. The molecular weight excluding hydrogens is 657 g/mol. The third-order valence-corrected chi connectivity index (χ3v) is 11.9. The summed E-state index contributed by atoms with van der Waals surface area (Å²) in [5.74, 6) is 0. The fourth-order valence-corrected chi connectivity index (χ4v) is 9.12. The van der Waals surface area contributed by atoms with Crippen LogP contribution in [0.25, 0.3) is 54.8 Å². The molecule has 254 valence electrons. The predicted octanol–water partition coefficient (Wildman–Crippen LogP) is 8.11. The lowest BCUT2D eigenvalue weighted by Crippen LogP contribution is -2.38. The number of aromatic nitrogens is 2. The molecular formula is C42H44N4O2S2+2. The monoisotopic (exact) mass is 700 g/mol. The molecule has 0 amide bonds. The fourth-order valence-electron chi connectivity index (χ4n) is 6.87. The van der Waals surface area contributed by atoms with Crippen molar-refractivity contribution in [2.24, 2.45) is 0 Å². The molecule has 6 aromatic rings. The average molecular weight is 701 g/mol. The highest BCUT2D eigenvalue weighted by atomic mass is 32.1. The zero-order valence-electron chi connectivity index (χ0n) is 28.5. The molecule has 0 unspecified atom stereocenters. The van der Waals surface area contributed by atoms with Crippen molar-refractivity contribution in [2.45, 2.75) is 25.9 Å². The third-order valence-electron chi connectivity index (χ3n) is 9.64. The van der Waals surface area contributed by atoms with E-state index in [-0.39, 0.29) is 0 Å². The van der Waals surface area contributed by atoms with Gasteiger partial charge in [0.2, 0.25) is 11.0 Å². The first-order valence-corrected chi connectivity index (χ1v) is 19.5. The van der Waals surface area contributed by atoms with Crippen molar-refractivity contribution < 1.29 is 18.6 Å². The molecule has 2 fully saturated rings. The number of benzene rings is 4. The topological polar surface area (TPSA) is 32.7 Å². The van der Waals surface area contributed by atoms with Gasteiger partial charge in [-0.3, -0.25) is 0 Å². The van der Waals surface area contributed by atoms with E-state index in [2.05, 4.69) is 141 Å². The smallest absolute Gasteiger partial charge is 0.264 e. The normalized spacial score (nSPS) is 15.7. The third kappa shape index (κ3) is 7.54. The minimum atomic E-state index is 0.795. The summed E-state index contributed by atoms with van der Waals surface area (Å²) < 4.78 is 18.9. The molecule has 0 atom stereocenters. The van der Waals surface area contributed by atoms with Gasteiger partial charge < -0.3 is 19.3 Å². The minimum Gasteiger partial charge on any atom is -0.378 e. The van der Waals surface area contributed by atoms with Crippen LogP contribution in [0, 0.1) is 0 Å². The number of morpholine rings is 2. The van der Waals surface area contributed by atoms with Crippen LogP contribution in [0.1, 0.15) is 22.9 Å². The molecule has 4 heterocycles. The highest BCUT2D eigenvalue weighted by Gasteiger charge is 2.23. The second-order valence-corrected chi connectivity index (χ2v) is 15.0. The molecule has 0 N–H and O–H groups in total. The summed E-state index contributed by atoms with van der Waals surface area (Å²) in [7, 11) is 0. The number of nitrogens with zero attached hydrogens (tertiary/aromatic N) is 4. The van der Waals surface area contributed by atoms with Crippen LogP contribution in [-0.4, -0.2) is 62.4 Å². The molecule has 0 saturated carbocycles. The van der Waals surface area contributed by atoms with Crippen LogP contribution in [0.5, 0.6) is 0 Å². The lowest BCUT2D eigenvalue weighted by molar-refractivity contribution is -0.680. The van der Waals surface area contributed by atoms with Crippen molar-refractivity contribution in [1.82, 2.24) is 9.80 Å². The minimum absolute atomic E-state index is 0.795. The number of ether oxygens (including phenoxy) is 2. The predicted molar refractivity (Wildman–Crippen MR) is 207 cm³/mol. The zero-order chi connectivity index (χ0) is 33.5. The summed E-state index contributed by atoms with van der Waals surface area (Å²) in [4.78, 5) is 4.75. The number of hydrogen-bond acceptors (Lipinski definition) is 6. The van der Waals surface area contributed by atoms with E-state index >= 15 is 0 Å². The van der Waals surface area contributed by atoms with Crippen LogP contribution >= 0.6 is 22.7 Å². The van der Waals surface area contributed by atoms with Crippen LogP contribution in [0.2, 0.25) is 0 Å². The second kappa shape index (κ2) is 15.7. The van der Waals surface area contributed by atoms with Crippen molar-refractivity contribution in [3.05, 3.63) is 119 Å². The van der Waals surface area contributed by atoms with Gasteiger partial charge in [-0.1, -0.05) is 83.3 Å². The van der Waals surface area contributed by atoms with Gasteiger partial charge >= 0.3 is 0 Å². The largest absolute Gasteiger partial charge is 0.378 e. The van der Waals surface area contributed by atoms with Crippen LogP contribution in [0.4, 0.5) is 0 Å². The van der Waals surface area contributed by atoms with Gasteiger partial charge in [0.1, 0.15) is 9.40 Å². The zero-order valence-corrected chi connectivity index (χ0v) is 30.1. The van der Waals surface area contributed by atoms with Crippen molar-refractivity contribution in [3.63, 3.8) is 0 Å². The van der Waals surface area contributed by atoms with Gasteiger partial charge in [0, 0.05) is 75.7 Å². The first-order chi connectivity index (χ1) is 24.8. The van der Waals surface area contributed by atoms with E-state index in [9.17, 15) is 0 Å². The Labute approximate surface area is 302 Å². The summed E-state index contributed by atoms with van der Waals surface area (Å²) in [6, 6.07) is 35.3. The molecule has 2 aliphatic heterocycles. The van der Waals surface area contributed by atoms with E-state index in [0.29, 0.717) is 0 Å². The summed E-state index contributed by atoms with van der Waals surface area (Å²) in [6.45, 7) is 8.92. The van der Waals surface area contributed by atoms with E-state index in [1.165, 1.54) is 52.7 Å². The Bertz CT molecular complexity index is 1940. The van der Waals surface area contributed by atoms with Crippen molar-refractivity contribution in [1.29, 1.82) is 0 Å². The number of hydrogen-bond donors (Lipinski definition) is 0. The van der Waals surface area contributed by atoms with E-state index in [0.717, 1.165) is 78.5 Å². The van der Waals surface area contributed by atoms with E-state index < -0.39 is 0 Å². The van der Waals surface area contributed by atoms with Gasteiger partial charge in [-0.25, -0.2) is 0 Å². The molecule has 4 aromatic carbocycles. The van der Waals surface area contributed by atoms with Crippen LogP contribution in [0.15, 0.2) is 109 Å². The molecule has 2 aliphatic rings. The lowest BCUT2D eigenvalue weighted by Gasteiger charge is -2.24. The van der Waals surface area contributed by atoms with Crippen LogP contribution in [0.3, 0.4) is 0 Å². The Kier molecular flexibility index (Phi) is 10.3. The van der Waals surface area contributed by atoms with Gasteiger partial charge in [-0.2, -0.15) is 9.13 Å². The highest BCUT2D eigenvalue weighted by Crippen LogP contribution is 2.30. The van der Waals surface area contributed by atoms with Crippen LogP contribution < -0.4 is 9.13 Å². The van der Waals surface area contributed by atoms with Gasteiger partial charge in [0.25, 0.3) is 10.0 Å². The maximum atomic E-state index is 5.59. The SMILES string of the molecule is C(=CN1CCOCC1)c1sc2cc(-c3ccccc3)ccc2[n+]1CCCC[n+]1c(C=CN2CCOCC2)sc2cc(-c3ccccc3)ccc21. The maximum absolute atomic E-state index is 5.59. The summed E-state index contributed by atoms with van der Waals surface area (Å²) in [6.07, 6.45) is 11.4.